The van der Waals surface area contributed by atoms with Crippen molar-refractivity contribution in [1.82, 2.24) is 10.2 Å². The first-order valence-electron chi connectivity index (χ1n) is 9.54. The zero-order valence-electron chi connectivity index (χ0n) is 15.7. The second-order valence-corrected chi connectivity index (χ2v) is 8.66. The minimum atomic E-state index is -0.0829. The molecule has 2 atom stereocenters. The minimum Gasteiger partial charge on any atom is -0.355 e. The van der Waals surface area contributed by atoms with Crippen molar-refractivity contribution in [2.24, 2.45) is 11.8 Å². The summed E-state index contributed by atoms with van der Waals surface area (Å²) in [5.41, 5.74) is 0.847. The topological polar surface area (TPSA) is 52.7 Å². The van der Waals surface area contributed by atoms with Gasteiger partial charge in [0.25, 0.3) is 0 Å². The van der Waals surface area contributed by atoms with Crippen LogP contribution in [0.4, 0.5) is 5.69 Å². The number of carbonyl (C=O) groups is 2. The van der Waals surface area contributed by atoms with Crippen LogP contribution in [0.5, 0.6) is 0 Å². The van der Waals surface area contributed by atoms with E-state index < -0.39 is 0 Å². The van der Waals surface area contributed by atoms with Crippen LogP contribution in [0.25, 0.3) is 0 Å². The summed E-state index contributed by atoms with van der Waals surface area (Å²) in [6.45, 7) is 8.75. The van der Waals surface area contributed by atoms with Gasteiger partial charge in [-0.2, -0.15) is 0 Å². The smallest absolute Gasteiger partial charge is 0.240 e. The van der Waals surface area contributed by atoms with E-state index in [0.717, 1.165) is 48.5 Å². The van der Waals surface area contributed by atoms with Crippen LogP contribution in [-0.4, -0.2) is 55.2 Å². The summed E-state index contributed by atoms with van der Waals surface area (Å²) in [6.07, 6.45) is 2.27. The van der Waals surface area contributed by atoms with Crippen LogP contribution in [-0.2, 0) is 9.59 Å². The van der Waals surface area contributed by atoms with Gasteiger partial charge in [0.15, 0.2) is 0 Å². The molecule has 3 rings (SSSR count). The number of amides is 2. The lowest BCUT2D eigenvalue weighted by atomic mass is 9.92. The highest BCUT2D eigenvalue weighted by Crippen LogP contribution is 2.34. The van der Waals surface area contributed by atoms with Crippen LogP contribution in [0.15, 0.2) is 29.2 Å². The van der Waals surface area contributed by atoms with Crippen LogP contribution < -0.4 is 10.2 Å². The van der Waals surface area contributed by atoms with Crippen molar-refractivity contribution in [3.05, 3.63) is 24.3 Å². The molecule has 0 spiro atoms. The lowest BCUT2D eigenvalue weighted by Crippen LogP contribution is -2.44. The third-order valence-corrected chi connectivity index (χ3v) is 6.08. The molecule has 0 aliphatic carbocycles. The van der Waals surface area contributed by atoms with E-state index in [1.54, 1.807) is 4.90 Å². The first-order valence-corrected chi connectivity index (χ1v) is 10.5. The molecule has 1 aromatic rings. The Hall–Kier alpha value is -1.53. The molecule has 142 valence electrons. The fourth-order valence-corrected chi connectivity index (χ4v) is 4.97. The summed E-state index contributed by atoms with van der Waals surface area (Å²) >= 11 is 1.54. The number of thioether (sulfide) groups is 1. The fourth-order valence-electron chi connectivity index (χ4n) is 4.03. The lowest BCUT2D eigenvalue weighted by molar-refractivity contribution is -0.123. The van der Waals surface area contributed by atoms with Crippen LogP contribution in [0, 0.1) is 11.8 Å². The summed E-state index contributed by atoms with van der Waals surface area (Å²) in [6, 6.07) is 7.77. The predicted octanol–water partition coefficient (Wildman–Crippen LogP) is 2.61. The van der Waals surface area contributed by atoms with E-state index in [1.165, 1.54) is 18.2 Å². The van der Waals surface area contributed by atoms with E-state index in [4.69, 9.17) is 0 Å². The molecule has 2 amide bonds. The monoisotopic (exact) mass is 375 g/mol. The second kappa shape index (κ2) is 8.91. The largest absolute Gasteiger partial charge is 0.355 e. The van der Waals surface area contributed by atoms with E-state index in [-0.39, 0.29) is 18.4 Å². The lowest BCUT2D eigenvalue weighted by Gasteiger charge is -2.35. The maximum absolute atomic E-state index is 12.3. The van der Waals surface area contributed by atoms with E-state index in [1.807, 2.05) is 24.3 Å². The normalized spacial score (nSPS) is 23.6. The Morgan fingerprint density at radius 2 is 1.96 bits per heavy atom. The fraction of sp³-hybridized carbons (Fsp3) is 0.600. The van der Waals surface area contributed by atoms with Gasteiger partial charge in [0.2, 0.25) is 11.8 Å². The Balaban J connectivity index is 1.43. The van der Waals surface area contributed by atoms with E-state index >= 15 is 0 Å². The van der Waals surface area contributed by atoms with Gasteiger partial charge in [-0.15, -0.1) is 11.8 Å². The number of rotatable bonds is 6. The molecular weight excluding hydrogens is 346 g/mol. The Morgan fingerprint density at radius 1 is 1.23 bits per heavy atom. The number of nitrogens with zero attached hydrogens (tertiary/aromatic N) is 2. The van der Waals surface area contributed by atoms with Gasteiger partial charge >= 0.3 is 0 Å². The zero-order chi connectivity index (χ0) is 18.5. The van der Waals surface area contributed by atoms with Gasteiger partial charge in [0.1, 0.15) is 6.54 Å². The van der Waals surface area contributed by atoms with Crippen molar-refractivity contribution in [3.63, 3.8) is 0 Å². The van der Waals surface area contributed by atoms with Crippen molar-refractivity contribution in [3.8, 4) is 0 Å². The molecule has 1 N–H and O–H groups in total. The molecule has 2 heterocycles. The molecule has 2 unspecified atom stereocenters. The standard InChI is InChI=1S/C20H29N3O2S/c1-15-10-16(2)12-22(11-15)9-5-8-21-19(24)13-23-17-6-3-4-7-18(17)26-14-20(23)25/h3-4,6-7,15-16H,5,8-14H2,1-2H3,(H,21,24). The number of hydrogen-bond acceptors (Lipinski definition) is 4. The van der Waals surface area contributed by atoms with Gasteiger partial charge in [-0.05, 0) is 43.4 Å². The maximum atomic E-state index is 12.3. The quantitative estimate of drug-likeness (QED) is 0.777. The van der Waals surface area contributed by atoms with Gasteiger partial charge in [-0.3, -0.25) is 9.59 Å². The van der Waals surface area contributed by atoms with Crippen molar-refractivity contribution in [1.29, 1.82) is 0 Å². The molecule has 6 heteroatoms. The number of piperidine rings is 1. The molecule has 1 aromatic carbocycles. The maximum Gasteiger partial charge on any atom is 0.240 e. The van der Waals surface area contributed by atoms with Crippen molar-refractivity contribution in [2.45, 2.75) is 31.6 Å². The highest BCUT2D eigenvalue weighted by molar-refractivity contribution is 8.00. The number of benzene rings is 1. The number of fused-ring (bicyclic) bond motifs is 1. The number of likely N-dealkylation sites (tertiary alicyclic amines) is 1. The van der Waals surface area contributed by atoms with E-state index in [2.05, 4.69) is 24.1 Å². The Kier molecular flexibility index (Phi) is 6.59. The van der Waals surface area contributed by atoms with Gasteiger partial charge in [-0.1, -0.05) is 26.0 Å². The van der Waals surface area contributed by atoms with Gasteiger partial charge < -0.3 is 15.1 Å². The molecule has 2 aliphatic heterocycles. The van der Waals surface area contributed by atoms with Crippen molar-refractivity contribution < 1.29 is 9.59 Å². The molecule has 1 saturated heterocycles. The van der Waals surface area contributed by atoms with E-state index in [0.29, 0.717) is 12.3 Å². The second-order valence-electron chi connectivity index (χ2n) is 7.65. The Bertz CT molecular complexity index is 642. The zero-order valence-corrected chi connectivity index (χ0v) is 16.6. The Morgan fingerprint density at radius 3 is 2.73 bits per heavy atom. The summed E-state index contributed by atoms with van der Waals surface area (Å²) in [4.78, 5) is 29.7. The molecule has 0 saturated carbocycles. The number of nitrogens with one attached hydrogen (secondary N) is 1. The minimum absolute atomic E-state index is 0.000131. The van der Waals surface area contributed by atoms with Gasteiger partial charge in [-0.25, -0.2) is 0 Å². The van der Waals surface area contributed by atoms with Crippen LogP contribution in [0.3, 0.4) is 0 Å². The molecule has 0 aromatic heterocycles. The van der Waals surface area contributed by atoms with Crippen LogP contribution in [0.1, 0.15) is 26.7 Å². The SMILES string of the molecule is CC1CC(C)CN(CCCNC(=O)CN2C(=O)CSc3ccccc32)C1. The summed E-state index contributed by atoms with van der Waals surface area (Å²) in [7, 11) is 0. The molecular formula is C20H29N3O2S. The van der Waals surface area contributed by atoms with Gasteiger partial charge in [0, 0.05) is 24.5 Å². The molecule has 0 bridgehead atoms. The molecule has 1 fully saturated rings. The molecule has 26 heavy (non-hydrogen) atoms. The summed E-state index contributed by atoms with van der Waals surface area (Å²) < 4.78 is 0. The summed E-state index contributed by atoms with van der Waals surface area (Å²) in [5, 5.41) is 2.98. The number of para-hydroxylation sites is 1. The highest BCUT2D eigenvalue weighted by atomic mass is 32.2. The van der Waals surface area contributed by atoms with Crippen molar-refractivity contribution >= 4 is 29.3 Å². The van der Waals surface area contributed by atoms with Crippen LogP contribution >= 0.6 is 11.8 Å². The average molecular weight is 376 g/mol. The first-order chi connectivity index (χ1) is 12.5. The number of anilines is 1. The molecule has 5 nitrogen and oxygen atoms in total. The van der Waals surface area contributed by atoms with E-state index in [9.17, 15) is 9.59 Å². The molecule has 0 radical (unpaired) electrons. The first kappa shape index (κ1) is 19.2. The molecule has 2 aliphatic rings. The number of carbonyl (C=O) groups excluding carboxylic acids is 2. The summed E-state index contributed by atoms with van der Waals surface area (Å²) in [5.74, 6) is 1.84. The average Bonchev–Trinajstić information content (AvgIpc) is 2.60. The third-order valence-electron chi connectivity index (χ3n) is 5.03. The Labute approximate surface area is 160 Å². The number of hydrogen-bond donors (Lipinski definition) is 1. The third kappa shape index (κ3) is 5.01. The van der Waals surface area contributed by atoms with Gasteiger partial charge in [0.05, 0.1) is 11.4 Å². The van der Waals surface area contributed by atoms with Crippen molar-refractivity contribution in [2.75, 3.05) is 43.4 Å². The highest BCUT2D eigenvalue weighted by Gasteiger charge is 2.26. The van der Waals surface area contributed by atoms with Crippen LogP contribution in [0.2, 0.25) is 0 Å². The predicted molar refractivity (Wildman–Crippen MR) is 107 cm³/mol.